The molecular weight excluding hydrogens is 286 g/mol. The van der Waals surface area contributed by atoms with E-state index in [1.807, 2.05) is 60.7 Å². The molecule has 0 radical (unpaired) electrons. The van der Waals surface area contributed by atoms with Crippen LogP contribution in [0.25, 0.3) is 11.3 Å². The molecule has 0 amide bonds. The highest BCUT2D eigenvalue weighted by Gasteiger charge is 2.27. The second-order valence-electron chi connectivity index (χ2n) is 5.36. The zero-order chi connectivity index (χ0) is 16.3. The quantitative estimate of drug-likeness (QED) is 0.914. The van der Waals surface area contributed by atoms with Crippen molar-refractivity contribution in [3.8, 4) is 11.8 Å². The Morgan fingerprint density at radius 1 is 1.04 bits per heavy atom. The fourth-order valence-electron chi connectivity index (χ4n) is 2.52. The second kappa shape index (κ2) is 5.99. The Balaban J connectivity index is 2.05. The highest BCUT2D eigenvalue weighted by Crippen LogP contribution is 2.29. The van der Waals surface area contributed by atoms with E-state index in [9.17, 15) is 5.26 Å². The minimum absolute atomic E-state index is 0.787. The van der Waals surface area contributed by atoms with Crippen molar-refractivity contribution in [2.24, 2.45) is 5.73 Å². The summed E-state index contributed by atoms with van der Waals surface area (Å²) < 4.78 is 5.18. The van der Waals surface area contributed by atoms with E-state index in [4.69, 9.17) is 10.5 Å². The number of hydrogen-bond donors (Lipinski definition) is 2. The molecule has 0 saturated carbocycles. The molecule has 1 aliphatic rings. The van der Waals surface area contributed by atoms with Gasteiger partial charge in [-0.25, -0.2) is 0 Å². The normalized spacial score (nSPS) is 19.9. The van der Waals surface area contributed by atoms with Gasteiger partial charge in [0.1, 0.15) is 11.8 Å². The average molecular weight is 303 g/mol. The predicted molar refractivity (Wildman–Crippen MR) is 91.1 cm³/mol. The van der Waals surface area contributed by atoms with Gasteiger partial charge in [-0.15, -0.1) is 0 Å². The van der Waals surface area contributed by atoms with Crippen LogP contribution < -0.4 is 15.8 Å². The summed E-state index contributed by atoms with van der Waals surface area (Å²) in [7, 11) is 1.63. The Hall–Kier alpha value is -3.03. The molecule has 1 atom stereocenters. The molecule has 2 aromatic carbocycles. The highest BCUT2D eigenvalue weighted by molar-refractivity contribution is 5.87. The van der Waals surface area contributed by atoms with Crippen LogP contribution >= 0.6 is 0 Å². The van der Waals surface area contributed by atoms with E-state index in [1.165, 1.54) is 0 Å². The zero-order valence-corrected chi connectivity index (χ0v) is 12.8. The smallest absolute Gasteiger partial charge is 0.196 e. The number of dihydropyridines is 1. The number of benzene rings is 2. The lowest BCUT2D eigenvalue weighted by Gasteiger charge is -2.28. The molecule has 1 unspecified atom stereocenters. The van der Waals surface area contributed by atoms with Crippen LogP contribution in [0.15, 0.2) is 66.7 Å². The monoisotopic (exact) mass is 303 g/mol. The van der Waals surface area contributed by atoms with Gasteiger partial charge in [-0.2, -0.15) is 5.26 Å². The van der Waals surface area contributed by atoms with Gasteiger partial charge in [0.2, 0.25) is 0 Å². The first kappa shape index (κ1) is 14.9. The van der Waals surface area contributed by atoms with Crippen molar-refractivity contribution in [1.82, 2.24) is 5.32 Å². The lowest BCUT2D eigenvalue weighted by molar-refractivity contribution is 0.415. The molecular formula is C19H17N3O. The van der Waals surface area contributed by atoms with Crippen LogP contribution in [-0.2, 0) is 0 Å². The van der Waals surface area contributed by atoms with Crippen LogP contribution in [0.5, 0.6) is 5.75 Å². The minimum atomic E-state index is -1.24. The van der Waals surface area contributed by atoms with Crippen molar-refractivity contribution in [2.45, 2.75) is 5.66 Å². The molecule has 23 heavy (non-hydrogen) atoms. The van der Waals surface area contributed by atoms with E-state index in [0.717, 1.165) is 28.1 Å². The number of nitrogens with one attached hydrogen (secondary N) is 1. The molecule has 0 spiro atoms. The van der Waals surface area contributed by atoms with Gasteiger partial charge in [-0.05, 0) is 41.0 Å². The SMILES string of the molecule is COc1ccc(C2=CC(N)(C#N)NC(c3ccccc3)=C2)cc1. The number of nitrogens with two attached hydrogens (primary N) is 1. The van der Waals surface area contributed by atoms with E-state index < -0.39 is 5.66 Å². The number of allylic oxidation sites excluding steroid dienone is 2. The Morgan fingerprint density at radius 2 is 1.74 bits per heavy atom. The highest BCUT2D eigenvalue weighted by atomic mass is 16.5. The van der Waals surface area contributed by atoms with Crippen LogP contribution in [-0.4, -0.2) is 12.8 Å². The summed E-state index contributed by atoms with van der Waals surface area (Å²) >= 11 is 0. The lowest BCUT2D eigenvalue weighted by Crippen LogP contribution is -2.51. The van der Waals surface area contributed by atoms with Crippen LogP contribution in [0.4, 0.5) is 0 Å². The molecule has 1 aliphatic heterocycles. The fourth-order valence-corrected chi connectivity index (χ4v) is 2.52. The summed E-state index contributed by atoms with van der Waals surface area (Å²) in [5, 5.41) is 12.5. The van der Waals surface area contributed by atoms with Crippen molar-refractivity contribution in [2.75, 3.05) is 7.11 Å². The summed E-state index contributed by atoms with van der Waals surface area (Å²) in [6.07, 6.45) is 3.74. The summed E-state index contributed by atoms with van der Waals surface area (Å²) in [6, 6.07) is 19.6. The fraction of sp³-hybridized carbons (Fsp3) is 0.105. The first-order valence-corrected chi connectivity index (χ1v) is 7.26. The Labute approximate surface area is 135 Å². The molecule has 2 aromatic rings. The maximum Gasteiger partial charge on any atom is 0.196 e. The average Bonchev–Trinajstić information content (AvgIpc) is 2.62. The molecule has 3 N–H and O–H groups in total. The van der Waals surface area contributed by atoms with Crippen LogP contribution in [0.3, 0.4) is 0 Å². The Kier molecular flexibility index (Phi) is 3.88. The van der Waals surface area contributed by atoms with Crippen molar-refractivity contribution in [1.29, 1.82) is 5.26 Å². The Morgan fingerprint density at radius 3 is 2.35 bits per heavy atom. The van der Waals surface area contributed by atoms with Crippen molar-refractivity contribution < 1.29 is 4.74 Å². The predicted octanol–water partition coefficient (Wildman–Crippen LogP) is 2.90. The van der Waals surface area contributed by atoms with Crippen LogP contribution in [0, 0.1) is 11.3 Å². The van der Waals surface area contributed by atoms with Crippen molar-refractivity contribution in [3.63, 3.8) is 0 Å². The first-order valence-electron chi connectivity index (χ1n) is 7.26. The molecule has 3 rings (SSSR count). The molecule has 0 saturated heterocycles. The third-order valence-electron chi connectivity index (χ3n) is 3.72. The van der Waals surface area contributed by atoms with E-state index >= 15 is 0 Å². The molecule has 0 bridgehead atoms. The van der Waals surface area contributed by atoms with Crippen LogP contribution in [0.1, 0.15) is 11.1 Å². The molecule has 0 aliphatic carbocycles. The first-order chi connectivity index (χ1) is 11.1. The largest absolute Gasteiger partial charge is 0.497 e. The summed E-state index contributed by atoms with van der Waals surface area (Å²) in [5.41, 5.74) is 8.60. The minimum Gasteiger partial charge on any atom is -0.497 e. The molecule has 1 heterocycles. The number of hydrogen-bond acceptors (Lipinski definition) is 4. The van der Waals surface area contributed by atoms with Gasteiger partial charge in [0.15, 0.2) is 5.66 Å². The standard InChI is InChI=1S/C19H17N3O/c1-23-17-9-7-14(8-10-17)16-11-18(15-5-3-2-4-6-15)22-19(21,12-16)13-20/h2-12,22H,21H2,1H3. The lowest BCUT2D eigenvalue weighted by atomic mass is 9.94. The zero-order valence-electron chi connectivity index (χ0n) is 12.8. The van der Waals surface area contributed by atoms with E-state index in [0.29, 0.717) is 0 Å². The van der Waals surface area contributed by atoms with Gasteiger partial charge >= 0.3 is 0 Å². The van der Waals surface area contributed by atoms with E-state index in [2.05, 4.69) is 11.4 Å². The van der Waals surface area contributed by atoms with Gasteiger partial charge in [-0.1, -0.05) is 42.5 Å². The van der Waals surface area contributed by atoms with Crippen LogP contribution in [0.2, 0.25) is 0 Å². The summed E-state index contributed by atoms with van der Waals surface area (Å²) in [6.45, 7) is 0. The Bertz CT molecular complexity index is 801. The van der Waals surface area contributed by atoms with Gasteiger partial charge in [0.25, 0.3) is 0 Å². The summed E-state index contributed by atoms with van der Waals surface area (Å²) in [4.78, 5) is 0. The molecule has 4 heteroatoms. The molecule has 0 aromatic heterocycles. The number of ether oxygens (including phenoxy) is 1. The maximum atomic E-state index is 9.43. The number of nitriles is 1. The van der Waals surface area contributed by atoms with Gasteiger partial charge < -0.3 is 10.1 Å². The maximum absolute atomic E-state index is 9.43. The molecule has 0 fully saturated rings. The van der Waals surface area contributed by atoms with Crippen molar-refractivity contribution in [3.05, 3.63) is 77.9 Å². The van der Waals surface area contributed by atoms with Crippen molar-refractivity contribution >= 4 is 11.3 Å². The topological polar surface area (TPSA) is 71.1 Å². The summed E-state index contributed by atoms with van der Waals surface area (Å²) in [5.74, 6) is 0.787. The number of nitrogens with zero attached hydrogens (tertiary/aromatic N) is 1. The van der Waals surface area contributed by atoms with Gasteiger partial charge in [0, 0.05) is 5.70 Å². The molecule has 4 nitrogen and oxygen atoms in total. The molecule has 114 valence electrons. The second-order valence-corrected chi connectivity index (χ2v) is 5.36. The third-order valence-corrected chi connectivity index (χ3v) is 3.72. The van der Waals surface area contributed by atoms with Gasteiger partial charge in [-0.3, -0.25) is 5.73 Å². The number of methoxy groups -OCH3 is 1. The third kappa shape index (κ3) is 3.10. The number of rotatable bonds is 3. The van der Waals surface area contributed by atoms with E-state index in [1.54, 1.807) is 13.2 Å². The van der Waals surface area contributed by atoms with Gasteiger partial charge in [0.05, 0.1) is 7.11 Å². The van der Waals surface area contributed by atoms with E-state index in [-0.39, 0.29) is 0 Å².